The van der Waals surface area contributed by atoms with Gasteiger partial charge >= 0.3 is 88.7 Å². The summed E-state index contributed by atoms with van der Waals surface area (Å²) in [5.74, 6) is 0. The van der Waals surface area contributed by atoms with Gasteiger partial charge in [0, 0.05) is 0 Å². The predicted octanol–water partition coefficient (Wildman–Crippen LogP) is -9.66. The number of hydrogen-bond donors (Lipinski definition) is 0. The third-order valence-corrected chi connectivity index (χ3v) is 0. The van der Waals surface area contributed by atoms with E-state index in [1.165, 1.54) is 0 Å². The predicted molar refractivity (Wildman–Crippen MR) is 23.6 cm³/mol. The molecule has 0 N–H and O–H groups in total. The van der Waals surface area contributed by atoms with Crippen LogP contribution < -0.4 is 88.7 Å². The van der Waals surface area contributed by atoms with Crippen LogP contribution >= 0.6 is 0 Å². The molecule has 0 aromatic heterocycles. The molecular formula is Na3O2S3+. The Kier molecular flexibility index (Phi) is 30.3. The van der Waals surface area contributed by atoms with Crippen molar-refractivity contribution in [2.24, 2.45) is 0 Å². The first kappa shape index (κ1) is 22.6. The van der Waals surface area contributed by atoms with Crippen LogP contribution in [0.2, 0.25) is 0 Å². The summed E-state index contributed by atoms with van der Waals surface area (Å²) in [6.07, 6.45) is 0. The van der Waals surface area contributed by atoms with Gasteiger partial charge in [0.15, 0.2) is 0 Å². The smallest absolute Gasteiger partial charge is 0.801 e. The Morgan fingerprint density at radius 2 is 0.875 bits per heavy atom. The molecule has 0 spiro atoms. The summed E-state index contributed by atoms with van der Waals surface area (Å²) in [4.78, 5) is 0. The van der Waals surface area contributed by atoms with Crippen molar-refractivity contribution >= 4 is 30.1 Å². The van der Waals surface area contributed by atoms with Crippen LogP contribution in [0.25, 0.3) is 0 Å². The molecule has 0 atom stereocenters. The summed E-state index contributed by atoms with van der Waals surface area (Å²) >= 11 is 7.23. The number of hydrogen-bond acceptors (Lipinski definition) is 4. The molecule has 0 saturated heterocycles. The van der Waals surface area contributed by atoms with E-state index < -0.39 is 7.71 Å². The molecular weight excluding hydrogens is 197 g/mol. The van der Waals surface area contributed by atoms with E-state index in [0.29, 0.717) is 0 Å². The topological polar surface area (TPSA) is 46.1 Å². The molecule has 0 amide bonds. The fourth-order valence-electron chi connectivity index (χ4n) is 0. The third kappa shape index (κ3) is 53.5. The van der Waals surface area contributed by atoms with E-state index in [0.717, 1.165) is 0 Å². The first-order valence-corrected chi connectivity index (χ1v) is 4.00. The van der Waals surface area contributed by atoms with Crippen LogP contribution in [0.4, 0.5) is 0 Å². The molecule has 8 heavy (non-hydrogen) atoms. The Labute approximate surface area is 125 Å². The minimum Gasteiger partial charge on any atom is -0.801 e. The van der Waals surface area contributed by atoms with Gasteiger partial charge < -0.3 is 9.11 Å². The monoisotopic (exact) mass is 197 g/mol. The largest absolute Gasteiger partial charge is 1.00 e. The average molecular weight is 197 g/mol. The Bertz CT molecular complexity index is 95.7. The first-order valence-electron chi connectivity index (χ1n) is 0.667. The van der Waals surface area contributed by atoms with Crippen LogP contribution in [-0.2, 0) is 30.1 Å². The maximum atomic E-state index is 9.26. The van der Waals surface area contributed by atoms with Crippen molar-refractivity contribution in [1.29, 1.82) is 0 Å². The molecule has 2 nitrogen and oxygen atoms in total. The van der Waals surface area contributed by atoms with Crippen LogP contribution in [0.5, 0.6) is 0 Å². The fourth-order valence-corrected chi connectivity index (χ4v) is 0. The summed E-state index contributed by atoms with van der Waals surface area (Å²) in [5, 5.41) is 0. The summed E-state index contributed by atoms with van der Waals surface area (Å²) in [5.41, 5.74) is 0. The molecule has 0 aromatic carbocycles. The van der Waals surface area contributed by atoms with E-state index in [-0.39, 0.29) is 88.7 Å². The summed E-state index contributed by atoms with van der Waals surface area (Å²) < 4.78 is 18.5. The van der Waals surface area contributed by atoms with Gasteiger partial charge in [-0.15, -0.1) is 0 Å². The average Bonchev–Trinajstić information content (AvgIpc) is 0.722. The van der Waals surface area contributed by atoms with Gasteiger partial charge in [-0.1, -0.05) is 22.4 Å². The fraction of sp³-hybridized carbons (Fsp3) is 0. The minimum atomic E-state index is -3.50. The SMILES string of the molecule is [Na+].[Na+].[Na+].[O-]S([O-])(=S)=S. The van der Waals surface area contributed by atoms with Crippen LogP contribution in [0.1, 0.15) is 0 Å². The van der Waals surface area contributed by atoms with Crippen molar-refractivity contribution < 1.29 is 97.8 Å². The molecule has 0 aromatic rings. The maximum Gasteiger partial charge on any atom is 1.00 e. The van der Waals surface area contributed by atoms with Gasteiger partial charge in [0.1, 0.15) is 0 Å². The van der Waals surface area contributed by atoms with Gasteiger partial charge in [0.05, 0.1) is 0 Å². The Morgan fingerprint density at radius 1 is 0.875 bits per heavy atom. The van der Waals surface area contributed by atoms with Crippen molar-refractivity contribution in [3.05, 3.63) is 0 Å². The molecule has 0 aliphatic rings. The Balaban J connectivity index is -0.0000000267. The van der Waals surface area contributed by atoms with Gasteiger partial charge in [0.2, 0.25) is 0 Å². The van der Waals surface area contributed by atoms with Crippen LogP contribution in [0.3, 0.4) is 0 Å². The second-order valence-electron chi connectivity index (χ2n) is 0.408. The zero-order valence-electron chi connectivity index (χ0n) is 5.04. The zero-order chi connectivity index (χ0) is 4.50. The maximum absolute atomic E-state index is 9.26. The van der Waals surface area contributed by atoms with Crippen molar-refractivity contribution in [3.63, 3.8) is 0 Å². The molecule has 0 unspecified atom stereocenters. The van der Waals surface area contributed by atoms with Crippen molar-refractivity contribution in [1.82, 2.24) is 0 Å². The van der Waals surface area contributed by atoms with Crippen molar-refractivity contribution in [2.45, 2.75) is 0 Å². The second-order valence-corrected chi connectivity index (χ2v) is 4.49. The normalized spacial score (nSPS) is 7.25. The van der Waals surface area contributed by atoms with Crippen LogP contribution in [-0.4, -0.2) is 9.11 Å². The molecule has 0 heterocycles. The zero-order valence-corrected chi connectivity index (χ0v) is 13.5. The molecule has 0 aliphatic carbocycles. The van der Waals surface area contributed by atoms with Gasteiger partial charge in [-0.3, -0.25) is 0 Å². The Hall–Kier alpha value is 3.71. The van der Waals surface area contributed by atoms with E-state index in [2.05, 4.69) is 22.4 Å². The van der Waals surface area contributed by atoms with Crippen molar-refractivity contribution in [2.75, 3.05) is 0 Å². The standard InChI is InChI=1S/3Na.H2O2S3/c;;;1-5(2,3)4/h;;;(H2,1,2,3,4)/q3*+1;/p-2. The summed E-state index contributed by atoms with van der Waals surface area (Å²) in [6, 6.07) is 0. The van der Waals surface area contributed by atoms with Gasteiger partial charge in [0.25, 0.3) is 0 Å². The van der Waals surface area contributed by atoms with E-state index in [1.54, 1.807) is 0 Å². The quantitative estimate of drug-likeness (QED) is 0.362. The minimum absolute atomic E-state index is 0. The van der Waals surface area contributed by atoms with E-state index in [4.69, 9.17) is 0 Å². The van der Waals surface area contributed by atoms with Crippen LogP contribution in [0, 0.1) is 0 Å². The molecule has 0 bridgehead atoms. The molecule has 0 saturated carbocycles. The third-order valence-electron chi connectivity index (χ3n) is 0. The first-order chi connectivity index (χ1) is 2.00. The van der Waals surface area contributed by atoms with Gasteiger partial charge in [-0.05, 0) is 0 Å². The van der Waals surface area contributed by atoms with Gasteiger partial charge in [-0.2, -0.15) is 0 Å². The molecule has 0 rings (SSSR count). The molecule has 0 fully saturated rings. The van der Waals surface area contributed by atoms with E-state index in [9.17, 15) is 9.11 Å². The second kappa shape index (κ2) is 10.7. The molecule has 0 aliphatic heterocycles. The van der Waals surface area contributed by atoms with Crippen molar-refractivity contribution in [3.8, 4) is 0 Å². The Morgan fingerprint density at radius 3 is 0.875 bits per heavy atom. The van der Waals surface area contributed by atoms with E-state index >= 15 is 0 Å². The number of rotatable bonds is 0. The molecule has 8 heteroatoms. The van der Waals surface area contributed by atoms with Gasteiger partial charge in [-0.25, -0.2) is 7.71 Å². The molecule has 32 valence electrons. The summed E-state index contributed by atoms with van der Waals surface area (Å²) in [6.45, 7) is 0. The van der Waals surface area contributed by atoms with Crippen LogP contribution in [0.15, 0.2) is 0 Å². The summed E-state index contributed by atoms with van der Waals surface area (Å²) in [7, 11) is -3.50. The molecule has 0 radical (unpaired) electrons. The van der Waals surface area contributed by atoms with E-state index in [1.807, 2.05) is 0 Å².